The second-order valence-corrected chi connectivity index (χ2v) is 15.4. The summed E-state index contributed by atoms with van der Waals surface area (Å²) in [5.74, 6) is 0.103. The highest BCUT2D eigenvalue weighted by Gasteiger charge is 2.10. The van der Waals surface area contributed by atoms with Crippen molar-refractivity contribution in [3.8, 4) is 0 Å². The average Bonchev–Trinajstić information content (AvgIpc) is 3.10. The number of carbonyl (C=O) groups excluding carboxylic acids is 2. The van der Waals surface area contributed by atoms with E-state index in [-0.39, 0.29) is 18.0 Å². The highest BCUT2D eigenvalue weighted by atomic mass is 16.2. The number of hydrogen-bond acceptors (Lipinski definition) is 2. The third-order valence-electron chi connectivity index (χ3n) is 10.1. The van der Waals surface area contributed by atoms with E-state index in [0.29, 0.717) is 12.8 Å². The molecule has 294 valence electrons. The van der Waals surface area contributed by atoms with Gasteiger partial charge in [-0.3, -0.25) is 9.59 Å². The molecule has 4 nitrogen and oxygen atoms in total. The minimum atomic E-state index is -0.293. The molecule has 0 aromatic carbocycles. The Labute approximate surface area is 313 Å². The third kappa shape index (κ3) is 40.8. The number of rotatable bonds is 40. The zero-order valence-corrected chi connectivity index (χ0v) is 34.2. The van der Waals surface area contributed by atoms with Crippen LogP contribution in [-0.4, -0.2) is 18.0 Å². The largest absolute Gasteiger partial charge is 0.336 e. The number of nitrogens with one attached hydrogen (secondary N) is 2. The molecular weight excluding hydrogens is 613 g/mol. The molecular formula is C46H88N2O2. The molecule has 0 atom stereocenters. The summed E-state index contributed by atoms with van der Waals surface area (Å²) in [5, 5.41) is 5.90. The maximum atomic E-state index is 12.3. The van der Waals surface area contributed by atoms with Gasteiger partial charge in [-0.2, -0.15) is 0 Å². The summed E-state index contributed by atoms with van der Waals surface area (Å²) in [6.45, 7) is 6.43. The summed E-state index contributed by atoms with van der Waals surface area (Å²) in [7, 11) is 0. The molecule has 0 rings (SSSR count). The van der Waals surface area contributed by atoms with E-state index in [0.717, 1.165) is 25.7 Å². The minimum absolute atomic E-state index is 0.0514. The molecule has 0 heterocycles. The first-order valence-electron chi connectivity index (χ1n) is 22.5. The van der Waals surface area contributed by atoms with E-state index in [1.807, 2.05) is 6.92 Å². The highest BCUT2D eigenvalue weighted by Crippen LogP contribution is 2.14. The fourth-order valence-electron chi connectivity index (χ4n) is 6.79. The fraction of sp³-hybridized carbons (Fsp3) is 0.870. The van der Waals surface area contributed by atoms with Gasteiger partial charge in [0.15, 0.2) is 0 Å². The lowest BCUT2D eigenvalue weighted by Crippen LogP contribution is -2.45. The standard InChI is InChI=1S/C46H88N2O2/c1-4-6-8-10-12-14-16-18-20-22-24-26-28-30-32-34-36-38-40-42-45(49)47-44(3)48-46(50)43-41-39-37-35-33-31-29-27-25-23-21-19-17-15-13-11-9-7-5-2/h22-25,44H,4-21,26-43H2,1-3H3,(H,47,49)(H,48,50)/b24-22-,25-23-. The smallest absolute Gasteiger partial charge is 0.221 e. The van der Waals surface area contributed by atoms with Crippen molar-refractivity contribution in [1.82, 2.24) is 10.6 Å². The predicted octanol–water partition coefficient (Wildman–Crippen LogP) is 14.8. The van der Waals surface area contributed by atoms with Crippen LogP contribution in [0.2, 0.25) is 0 Å². The lowest BCUT2D eigenvalue weighted by molar-refractivity contribution is -0.124. The SMILES string of the molecule is CCCCCCCCCC/C=C\CCCCCCCCCC(=O)NC(C)NC(=O)CCCCCCCCC/C=C\CCCCCCCCCC. The van der Waals surface area contributed by atoms with Crippen molar-refractivity contribution >= 4 is 11.8 Å². The molecule has 0 aromatic rings. The van der Waals surface area contributed by atoms with Crippen LogP contribution >= 0.6 is 0 Å². The first-order chi connectivity index (χ1) is 24.6. The second kappa shape index (κ2) is 41.8. The summed E-state index contributed by atoms with van der Waals surface area (Å²) in [4.78, 5) is 24.6. The Kier molecular flexibility index (Phi) is 40.5. The Morgan fingerprint density at radius 3 is 0.840 bits per heavy atom. The number of amides is 2. The van der Waals surface area contributed by atoms with Gasteiger partial charge in [0.25, 0.3) is 0 Å². The Balaban J connectivity index is 3.42. The van der Waals surface area contributed by atoms with Crippen molar-refractivity contribution in [2.75, 3.05) is 0 Å². The van der Waals surface area contributed by atoms with Crippen LogP contribution in [0.3, 0.4) is 0 Å². The van der Waals surface area contributed by atoms with E-state index in [4.69, 9.17) is 0 Å². The molecule has 0 radical (unpaired) electrons. The zero-order valence-electron chi connectivity index (χ0n) is 34.2. The van der Waals surface area contributed by atoms with Gasteiger partial charge in [0, 0.05) is 12.8 Å². The maximum Gasteiger partial charge on any atom is 0.221 e. The molecule has 0 aliphatic heterocycles. The summed E-state index contributed by atoms with van der Waals surface area (Å²) < 4.78 is 0. The van der Waals surface area contributed by atoms with Crippen molar-refractivity contribution < 1.29 is 9.59 Å². The van der Waals surface area contributed by atoms with Gasteiger partial charge in [-0.25, -0.2) is 0 Å². The topological polar surface area (TPSA) is 58.2 Å². The predicted molar refractivity (Wildman–Crippen MR) is 222 cm³/mol. The second-order valence-electron chi connectivity index (χ2n) is 15.4. The maximum absolute atomic E-state index is 12.3. The van der Waals surface area contributed by atoms with Gasteiger partial charge in [-0.1, -0.05) is 192 Å². The summed E-state index contributed by atoms with van der Waals surface area (Å²) in [6.07, 6.45) is 54.7. The van der Waals surface area contributed by atoms with E-state index >= 15 is 0 Å². The van der Waals surface area contributed by atoms with Gasteiger partial charge < -0.3 is 10.6 Å². The molecule has 0 aliphatic rings. The summed E-state index contributed by atoms with van der Waals surface area (Å²) in [5.41, 5.74) is 0. The monoisotopic (exact) mass is 701 g/mol. The number of allylic oxidation sites excluding steroid dienone is 4. The molecule has 0 bridgehead atoms. The molecule has 50 heavy (non-hydrogen) atoms. The van der Waals surface area contributed by atoms with Crippen LogP contribution in [0.4, 0.5) is 0 Å². The molecule has 0 aliphatic carbocycles. The van der Waals surface area contributed by atoms with E-state index in [1.54, 1.807) is 0 Å². The first kappa shape index (κ1) is 48.4. The van der Waals surface area contributed by atoms with Crippen molar-refractivity contribution in [1.29, 1.82) is 0 Å². The number of unbranched alkanes of at least 4 members (excludes halogenated alkanes) is 30. The molecule has 0 fully saturated rings. The quantitative estimate of drug-likeness (QED) is 0.0380. The minimum Gasteiger partial charge on any atom is -0.336 e. The van der Waals surface area contributed by atoms with Gasteiger partial charge in [-0.05, 0) is 71.1 Å². The third-order valence-corrected chi connectivity index (χ3v) is 10.1. The molecule has 0 saturated carbocycles. The molecule has 0 unspecified atom stereocenters. The average molecular weight is 701 g/mol. The van der Waals surface area contributed by atoms with E-state index < -0.39 is 0 Å². The molecule has 2 amide bonds. The van der Waals surface area contributed by atoms with Crippen LogP contribution in [0.15, 0.2) is 24.3 Å². The van der Waals surface area contributed by atoms with Crippen LogP contribution in [0.1, 0.15) is 252 Å². The molecule has 2 N–H and O–H groups in total. The van der Waals surface area contributed by atoms with E-state index in [2.05, 4.69) is 48.8 Å². The lowest BCUT2D eigenvalue weighted by atomic mass is 10.1. The van der Waals surface area contributed by atoms with Crippen molar-refractivity contribution in [2.24, 2.45) is 0 Å². The summed E-state index contributed by atoms with van der Waals surface area (Å²) in [6, 6.07) is 0. The van der Waals surface area contributed by atoms with Crippen molar-refractivity contribution in [3.05, 3.63) is 24.3 Å². The molecule has 0 spiro atoms. The van der Waals surface area contributed by atoms with E-state index in [9.17, 15) is 9.59 Å². The normalized spacial score (nSPS) is 11.8. The van der Waals surface area contributed by atoms with Gasteiger partial charge in [0.05, 0.1) is 6.17 Å². The number of hydrogen-bond donors (Lipinski definition) is 2. The highest BCUT2D eigenvalue weighted by molar-refractivity contribution is 5.79. The first-order valence-corrected chi connectivity index (χ1v) is 22.5. The van der Waals surface area contributed by atoms with Crippen LogP contribution in [0.25, 0.3) is 0 Å². The van der Waals surface area contributed by atoms with Crippen molar-refractivity contribution in [3.63, 3.8) is 0 Å². The molecule has 4 heteroatoms. The van der Waals surface area contributed by atoms with Crippen LogP contribution in [0.5, 0.6) is 0 Å². The molecule has 0 aromatic heterocycles. The lowest BCUT2D eigenvalue weighted by Gasteiger charge is -2.16. The van der Waals surface area contributed by atoms with Gasteiger partial charge in [0.2, 0.25) is 11.8 Å². The van der Waals surface area contributed by atoms with Crippen LogP contribution < -0.4 is 10.6 Å². The van der Waals surface area contributed by atoms with Crippen LogP contribution in [0, 0.1) is 0 Å². The number of carbonyl (C=O) groups is 2. The molecule has 0 saturated heterocycles. The summed E-state index contributed by atoms with van der Waals surface area (Å²) >= 11 is 0. The van der Waals surface area contributed by atoms with Gasteiger partial charge in [0.1, 0.15) is 0 Å². The Morgan fingerprint density at radius 2 is 0.580 bits per heavy atom. The fourth-order valence-corrected chi connectivity index (χ4v) is 6.79. The van der Waals surface area contributed by atoms with Crippen molar-refractivity contribution in [2.45, 2.75) is 258 Å². The Bertz CT molecular complexity index is 699. The Hall–Kier alpha value is -1.58. The Morgan fingerprint density at radius 1 is 0.360 bits per heavy atom. The zero-order chi connectivity index (χ0) is 36.4. The van der Waals surface area contributed by atoms with Crippen LogP contribution in [-0.2, 0) is 9.59 Å². The van der Waals surface area contributed by atoms with Gasteiger partial charge in [-0.15, -0.1) is 0 Å². The van der Waals surface area contributed by atoms with Gasteiger partial charge >= 0.3 is 0 Å². The van der Waals surface area contributed by atoms with E-state index in [1.165, 1.54) is 193 Å².